The zero-order valence-electron chi connectivity index (χ0n) is 18.5. The number of fused-ring (bicyclic) bond motifs is 1. The van der Waals surface area contributed by atoms with E-state index in [4.69, 9.17) is 9.84 Å². The number of thiophene rings is 1. The van der Waals surface area contributed by atoms with E-state index in [1.807, 2.05) is 23.6 Å². The van der Waals surface area contributed by atoms with E-state index in [-0.39, 0.29) is 24.3 Å². The first kappa shape index (κ1) is 24.2. The molecule has 2 aromatic heterocycles. The molecule has 0 fully saturated rings. The Balaban J connectivity index is 1.66. The highest BCUT2D eigenvalue weighted by Crippen LogP contribution is 2.41. The molecule has 9 heteroatoms. The Morgan fingerprint density at radius 2 is 1.85 bits per heavy atom. The molecule has 4 aromatic rings. The van der Waals surface area contributed by atoms with Crippen LogP contribution in [0, 0.1) is 0 Å². The summed E-state index contributed by atoms with van der Waals surface area (Å²) >= 11 is 1.88. The molecule has 2 aromatic carbocycles. The smallest absolute Gasteiger partial charge is 0.427 e. The molecule has 0 radical (unpaired) electrons. The fourth-order valence-electron chi connectivity index (χ4n) is 3.73. The summed E-state index contributed by atoms with van der Waals surface area (Å²) in [6.07, 6.45) is -4.16. The summed E-state index contributed by atoms with van der Waals surface area (Å²) in [6, 6.07) is 12.7. The lowest BCUT2D eigenvalue weighted by Crippen LogP contribution is -2.08. The Morgan fingerprint density at radius 1 is 1.12 bits per heavy atom. The fraction of sp³-hybridized carbons (Fsp3) is 0.280. The van der Waals surface area contributed by atoms with Crippen LogP contribution in [-0.4, -0.2) is 15.4 Å². The maximum absolute atomic E-state index is 13.7. The topological polar surface area (TPSA) is 59.4 Å². The summed E-state index contributed by atoms with van der Waals surface area (Å²) in [5.41, 5.74) is 2.86. The molecule has 0 spiro atoms. The van der Waals surface area contributed by atoms with E-state index in [1.165, 1.54) is 11.3 Å². The Hall–Kier alpha value is -2.91. The lowest BCUT2D eigenvalue weighted by molar-refractivity contribution is -0.137. The Labute approximate surface area is 202 Å². The van der Waals surface area contributed by atoms with Crippen molar-refractivity contribution in [2.75, 3.05) is 0 Å². The Bertz CT molecular complexity index is 1310. The van der Waals surface area contributed by atoms with Gasteiger partial charge in [-0.15, -0.1) is 11.3 Å². The molecule has 0 amide bonds. The van der Waals surface area contributed by atoms with Gasteiger partial charge in [-0.1, -0.05) is 44.2 Å². The number of alkyl halides is 3. The quantitative estimate of drug-likeness (QED) is 0.266. The lowest BCUT2D eigenvalue weighted by atomic mass is 9.99. The van der Waals surface area contributed by atoms with Crippen molar-refractivity contribution in [3.8, 4) is 17.0 Å². The van der Waals surface area contributed by atoms with Gasteiger partial charge in [0, 0.05) is 27.6 Å². The predicted molar refractivity (Wildman–Crippen MR) is 129 cm³/mol. The molecule has 34 heavy (non-hydrogen) atoms. The van der Waals surface area contributed by atoms with Crippen molar-refractivity contribution >= 4 is 38.9 Å². The largest absolute Gasteiger partial charge is 0.488 e. The molecule has 4 nitrogen and oxygen atoms in total. The lowest BCUT2D eigenvalue weighted by Gasteiger charge is -2.13. The number of aliphatic carboxylic acids is 1. The van der Waals surface area contributed by atoms with Crippen LogP contribution < -0.4 is 4.74 Å². The molecule has 2 heterocycles. The number of aromatic nitrogens is 1. The number of hydrogen-bond donors (Lipinski definition) is 1. The van der Waals surface area contributed by atoms with Crippen LogP contribution in [0.1, 0.15) is 47.8 Å². The van der Waals surface area contributed by atoms with Crippen LogP contribution in [0.15, 0.2) is 47.8 Å². The minimum atomic E-state index is -4.54. The van der Waals surface area contributed by atoms with Gasteiger partial charge in [0.2, 0.25) is 0 Å². The van der Waals surface area contributed by atoms with Crippen LogP contribution in [0.2, 0.25) is 0 Å². The van der Waals surface area contributed by atoms with Gasteiger partial charge < -0.3 is 9.84 Å². The Kier molecular flexibility index (Phi) is 6.95. The van der Waals surface area contributed by atoms with Crippen molar-refractivity contribution in [3.05, 3.63) is 69.4 Å². The van der Waals surface area contributed by atoms with Gasteiger partial charge in [-0.05, 0) is 52.5 Å². The van der Waals surface area contributed by atoms with Crippen LogP contribution in [0.4, 0.5) is 13.2 Å². The molecule has 0 saturated carbocycles. The number of carboxylic acids is 1. The highest BCUT2D eigenvalue weighted by atomic mass is 32.1. The SMILES string of the molecule is CC(C)c1ccc(-c2nsc(C(F)(F)F)c2COc2ccc(CCC(=O)O)c3sccc23)cc1. The molecule has 0 bridgehead atoms. The summed E-state index contributed by atoms with van der Waals surface area (Å²) < 4.78 is 52.2. The molecule has 0 aliphatic carbocycles. The van der Waals surface area contributed by atoms with E-state index in [2.05, 4.69) is 18.2 Å². The molecular weight excluding hydrogens is 483 g/mol. The van der Waals surface area contributed by atoms with E-state index in [0.29, 0.717) is 35.2 Å². The predicted octanol–water partition coefficient (Wildman–Crippen LogP) is 7.76. The number of nitrogens with zero attached hydrogens (tertiary/aromatic N) is 1. The van der Waals surface area contributed by atoms with Crippen LogP contribution in [-0.2, 0) is 24.0 Å². The number of hydrogen-bond acceptors (Lipinski definition) is 5. The molecule has 0 atom stereocenters. The molecule has 4 rings (SSSR count). The van der Waals surface area contributed by atoms with Crippen molar-refractivity contribution in [1.82, 2.24) is 4.37 Å². The molecule has 0 aliphatic heterocycles. The Morgan fingerprint density at radius 3 is 2.50 bits per heavy atom. The second-order valence-electron chi connectivity index (χ2n) is 8.18. The van der Waals surface area contributed by atoms with Gasteiger partial charge in [0.15, 0.2) is 0 Å². The molecule has 0 aliphatic rings. The molecule has 1 N–H and O–H groups in total. The van der Waals surface area contributed by atoms with Gasteiger partial charge in [0.25, 0.3) is 0 Å². The first-order valence-corrected chi connectivity index (χ1v) is 12.3. The summed E-state index contributed by atoms with van der Waals surface area (Å²) in [6.45, 7) is 3.82. The first-order chi connectivity index (χ1) is 16.1. The van der Waals surface area contributed by atoms with Gasteiger partial charge in [-0.2, -0.15) is 17.5 Å². The number of rotatable bonds is 8. The van der Waals surface area contributed by atoms with Crippen molar-refractivity contribution in [2.24, 2.45) is 0 Å². The number of halogens is 3. The fourth-order valence-corrected chi connectivity index (χ4v) is 5.45. The van der Waals surface area contributed by atoms with Gasteiger partial charge >= 0.3 is 12.1 Å². The third-order valence-corrected chi connectivity index (χ3v) is 7.46. The minimum absolute atomic E-state index is 0.00167. The normalized spacial score (nSPS) is 11.9. The zero-order valence-corrected chi connectivity index (χ0v) is 20.1. The standard InChI is InChI=1S/C25H22F3NO3S2/c1-14(2)15-3-5-16(6-4-15)22-19(24(34-29-22)25(26,27)28)13-32-20-9-7-17(8-10-21(30)31)23-18(20)11-12-33-23/h3-7,9,11-12,14H,8,10,13H2,1-2H3,(H,30,31). The van der Waals surface area contributed by atoms with Crippen LogP contribution >= 0.6 is 22.9 Å². The number of benzene rings is 2. The first-order valence-electron chi connectivity index (χ1n) is 10.6. The van der Waals surface area contributed by atoms with E-state index < -0.39 is 17.0 Å². The minimum Gasteiger partial charge on any atom is -0.488 e. The van der Waals surface area contributed by atoms with Crippen molar-refractivity contribution < 1.29 is 27.8 Å². The summed E-state index contributed by atoms with van der Waals surface area (Å²) in [5.74, 6) is -0.121. The number of ether oxygens (including phenoxy) is 1. The van der Waals surface area contributed by atoms with E-state index in [1.54, 1.807) is 24.3 Å². The molecule has 0 unspecified atom stereocenters. The molecule has 178 valence electrons. The van der Waals surface area contributed by atoms with Gasteiger partial charge in [-0.3, -0.25) is 4.79 Å². The van der Waals surface area contributed by atoms with Crippen LogP contribution in [0.25, 0.3) is 21.3 Å². The third-order valence-electron chi connectivity index (χ3n) is 5.53. The molecular formula is C25H22F3NO3S2. The summed E-state index contributed by atoms with van der Waals surface area (Å²) in [5, 5.41) is 11.6. The second-order valence-corrected chi connectivity index (χ2v) is 9.87. The van der Waals surface area contributed by atoms with Crippen molar-refractivity contribution in [1.29, 1.82) is 0 Å². The van der Waals surface area contributed by atoms with Crippen LogP contribution in [0.5, 0.6) is 5.75 Å². The van der Waals surface area contributed by atoms with E-state index in [9.17, 15) is 18.0 Å². The maximum atomic E-state index is 13.7. The molecule has 0 saturated heterocycles. The summed E-state index contributed by atoms with van der Waals surface area (Å²) in [7, 11) is 0. The van der Waals surface area contributed by atoms with Gasteiger partial charge in [-0.25, -0.2) is 0 Å². The van der Waals surface area contributed by atoms with Crippen molar-refractivity contribution in [3.63, 3.8) is 0 Å². The van der Waals surface area contributed by atoms with Crippen LogP contribution in [0.3, 0.4) is 0 Å². The maximum Gasteiger partial charge on any atom is 0.427 e. The summed E-state index contributed by atoms with van der Waals surface area (Å²) in [4.78, 5) is 10.2. The number of carbonyl (C=O) groups is 1. The van der Waals surface area contributed by atoms with Crippen molar-refractivity contribution in [2.45, 2.75) is 45.4 Å². The average Bonchev–Trinajstić information content (AvgIpc) is 3.44. The third kappa shape index (κ3) is 5.10. The van der Waals surface area contributed by atoms with E-state index >= 15 is 0 Å². The highest BCUT2D eigenvalue weighted by molar-refractivity contribution is 7.17. The van der Waals surface area contributed by atoms with Gasteiger partial charge in [0.05, 0.1) is 5.69 Å². The number of aryl methyl sites for hydroxylation is 1. The zero-order chi connectivity index (χ0) is 24.5. The highest BCUT2D eigenvalue weighted by Gasteiger charge is 2.38. The van der Waals surface area contributed by atoms with E-state index in [0.717, 1.165) is 21.2 Å². The van der Waals surface area contributed by atoms with Gasteiger partial charge in [0.1, 0.15) is 17.2 Å². The monoisotopic (exact) mass is 505 g/mol. The second kappa shape index (κ2) is 9.76. The average molecular weight is 506 g/mol. The number of carboxylic acid groups (broad SMARTS) is 1.